The molecule has 3 nitrogen and oxygen atoms in total. The zero-order valence-corrected chi connectivity index (χ0v) is 27.6. The summed E-state index contributed by atoms with van der Waals surface area (Å²) in [4.78, 5) is 2.43. The topological polar surface area (TPSA) is 20.8 Å². The summed E-state index contributed by atoms with van der Waals surface area (Å²) in [5.74, 6) is 0. The van der Waals surface area contributed by atoms with E-state index in [1.54, 1.807) is 0 Å². The first kappa shape index (κ1) is 26.1. The Bertz CT molecular complexity index is 3290. The second-order valence-corrected chi connectivity index (χ2v) is 15.0. The average Bonchev–Trinajstić information content (AvgIpc) is 3.88. The van der Waals surface area contributed by atoms with Crippen LogP contribution in [0.1, 0.15) is 0 Å². The van der Waals surface area contributed by atoms with Gasteiger partial charge in [0.15, 0.2) is 5.58 Å². The van der Waals surface area contributed by atoms with Gasteiger partial charge in [-0.15, -0.1) is 22.7 Å². The van der Waals surface area contributed by atoms with Gasteiger partial charge in [-0.1, -0.05) is 72.8 Å². The van der Waals surface area contributed by atoms with Gasteiger partial charge in [-0.3, -0.25) is 0 Å². The minimum absolute atomic E-state index is 0.935. The van der Waals surface area contributed by atoms with Crippen LogP contribution in [0, 0.1) is 0 Å². The summed E-state index contributed by atoms with van der Waals surface area (Å²) in [6.45, 7) is 0. The summed E-state index contributed by atoms with van der Waals surface area (Å²) in [7, 11) is 0. The molecule has 228 valence electrons. The summed E-state index contributed by atoms with van der Waals surface area (Å²) in [5, 5.41) is 10.1. The highest BCUT2D eigenvalue weighted by molar-refractivity contribution is 7.26. The van der Waals surface area contributed by atoms with E-state index in [0.29, 0.717) is 0 Å². The maximum Gasteiger partial charge on any atom is 0.154 e. The minimum Gasteiger partial charge on any atom is -0.454 e. The third-order valence-electron chi connectivity index (χ3n) is 10.3. The number of aromatic nitrogens is 1. The molecule has 49 heavy (non-hydrogen) atoms. The van der Waals surface area contributed by atoms with Gasteiger partial charge in [0, 0.05) is 63.2 Å². The van der Waals surface area contributed by atoms with Crippen molar-refractivity contribution in [3.63, 3.8) is 0 Å². The molecule has 0 aliphatic heterocycles. The monoisotopic (exact) mass is 660 g/mol. The first-order valence-corrected chi connectivity index (χ1v) is 18.2. The molecular weight excluding hydrogens is 637 g/mol. The van der Waals surface area contributed by atoms with E-state index < -0.39 is 0 Å². The van der Waals surface area contributed by atoms with Crippen LogP contribution in [0.25, 0.3) is 89.6 Å². The second-order valence-electron chi connectivity index (χ2n) is 12.8. The Hall–Kier alpha value is -5.88. The molecule has 0 saturated heterocycles. The van der Waals surface area contributed by atoms with Gasteiger partial charge in [-0.05, 0) is 78.2 Å². The lowest BCUT2D eigenvalue weighted by Gasteiger charge is -2.26. The lowest BCUT2D eigenvalue weighted by molar-refractivity contribution is 0.673. The Morgan fingerprint density at radius 3 is 2.14 bits per heavy atom. The van der Waals surface area contributed by atoms with Crippen molar-refractivity contribution in [2.45, 2.75) is 0 Å². The SMILES string of the molecule is c1ccc(N(c2ccc3sc4c5ccccc5oc4c3c2)c2ccc3c4cccc5sc6cccc(c6c54)n4c5ccccc5c2c34)cc1. The maximum atomic E-state index is 6.50. The van der Waals surface area contributed by atoms with Crippen molar-refractivity contribution in [2.75, 3.05) is 4.90 Å². The molecule has 0 atom stereocenters. The van der Waals surface area contributed by atoms with Crippen LogP contribution in [-0.4, -0.2) is 4.40 Å². The van der Waals surface area contributed by atoms with E-state index >= 15 is 0 Å². The molecule has 0 N–H and O–H groups in total. The number of hydrogen-bond acceptors (Lipinski definition) is 4. The molecule has 0 bridgehead atoms. The molecule has 12 rings (SSSR count). The molecule has 7 aromatic carbocycles. The van der Waals surface area contributed by atoms with Crippen LogP contribution in [0.2, 0.25) is 0 Å². The second kappa shape index (κ2) is 9.38. The lowest BCUT2D eigenvalue weighted by atomic mass is 10.0. The Morgan fingerprint density at radius 2 is 1.22 bits per heavy atom. The highest BCUT2D eigenvalue weighted by Crippen LogP contribution is 2.50. The van der Waals surface area contributed by atoms with Gasteiger partial charge in [-0.25, -0.2) is 0 Å². The molecule has 5 heteroatoms. The first-order chi connectivity index (χ1) is 24.3. The fourth-order valence-corrected chi connectivity index (χ4v) is 10.6. The molecule has 0 saturated carbocycles. The van der Waals surface area contributed by atoms with E-state index in [9.17, 15) is 0 Å². The molecule has 0 aliphatic rings. The van der Waals surface area contributed by atoms with Crippen molar-refractivity contribution in [2.24, 2.45) is 0 Å². The van der Waals surface area contributed by atoms with Crippen LogP contribution < -0.4 is 4.90 Å². The van der Waals surface area contributed by atoms with Crippen LogP contribution >= 0.6 is 22.7 Å². The Labute approximate surface area is 287 Å². The molecule has 0 aliphatic carbocycles. The molecule has 0 unspecified atom stereocenters. The molecule has 5 heterocycles. The number of thiophene rings is 2. The number of fused-ring (bicyclic) bond motifs is 10. The highest BCUT2D eigenvalue weighted by atomic mass is 32.1. The van der Waals surface area contributed by atoms with Crippen LogP contribution in [0.3, 0.4) is 0 Å². The number of hydrogen-bond donors (Lipinski definition) is 0. The fourth-order valence-electron chi connectivity index (χ4n) is 8.33. The number of furan rings is 1. The van der Waals surface area contributed by atoms with Gasteiger partial charge in [-0.2, -0.15) is 0 Å². The smallest absolute Gasteiger partial charge is 0.154 e. The van der Waals surface area contributed by atoms with E-state index in [1.165, 1.54) is 73.1 Å². The normalized spacial score (nSPS) is 12.5. The van der Waals surface area contributed by atoms with Crippen molar-refractivity contribution in [3.8, 4) is 0 Å². The van der Waals surface area contributed by atoms with Gasteiger partial charge < -0.3 is 13.7 Å². The van der Waals surface area contributed by atoms with Gasteiger partial charge in [0.1, 0.15) is 5.58 Å². The average molecular weight is 661 g/mol. The summed E-state index contributed by atoms with van der Waals surface area (Å²) < 4.78 is 14.1. The van der Waals surface area contributed by atoms with Crippen LogP contribution in [0.4, 0.5) is 17.1 Å². The van der Waals surface area contributed by atoms with Crippen molar-refractivity contribution in [1.82, 2.24) is 4.40 Å². The quantitative estimate of drug-likeness (QED) is 0.188. The molecular formula is C44H24N2OS2. The van der Waals surface area contributed by atoms with Crippen molar-refractivity contribution >= 4 is 129 Å². The fraction of sp³-hybridized carbons (Fsp3) is 0. The number of nitrogens with zero attached hydrogens (tertiary/aromatic N) is 2. The summed E-state index contributed by atoms with van der Waals surface area (Å²) >= 11 is 3.70. The van der Waals surface area contributed by atoms with Crippen molar-refractivity contribution in [3.05, 3.63) is 146 Å². The largest absolute Gasteiger partial charge is 0.454 e. The van der Waals surface area contributed by atoms with Gasteiger partial charge in [0.25, 0.3) is 0 Å². The molecule has 12 aromatic rings. The molecule has 5 aromatic heterocycles. The molecule has 0 fully saturated rings. The predicted octanol–water partition coefficient (Wildman–Crippen LogP) is 13.8. The molecule has 0 spiro atoms. The van der Waals surface area contributed by atoms with E-state index in [0.717, 1.165) is 33.6 Å². The third kappa shape index (κ3) is 3.36. The predicted molar refractivity (Wildman–Crippen MR) is 211 cm³/mol. The number of rotatable bonds is 3. The van der Waals surface area contributed by atoms with Crippen molar-refractivity contribution in [1.29, 1.82) is 0 Å². The Morgan fingerprint density at radius 1 is 0.469 bits per heavy atom. The van der Waals surface area contributed by atoms with E-state index in [-0.39, 0.29) is 0 Å². The van der Waals surface area contributed by atoms with Gasteiger partial charge in [0.2, 0.25) is 0 Å². The standard InChI is InChI=1S/C44H24N2OS2/c1-2-10-25(11-3-1)45(26-20-23-36-31(24-26)43-44(49-36)30-13-5-7-17-35(30)47-43)34-22-21-28-27-14-8-18-37-40(27)41-33(16-9-19-38(41)48-37)46-32-15-6-4-12-29(32)39(34)42(28)46/h1-24H. The third-order valence-corrected chi connectivity index (χ3v) is 12.6. The summed E-state index contributed by atoms with van der Waals surface area (Å²) in [6, 6.07) is 53.2. The maximum absolute atomic E-state index is 6.50. The van der Waals surface area contributed by atoms with E-state index in [1.807, 2.05) is 28.7 Å². The van der Waals surface area contributed by atoms with Crippen LogP contribution in [0.15, 0.2) is 150 Å². The summed E-state index contributed by atoms with van der Waals surface area (Å²) in [5.41, 5.74) is 8.98. The van der Waals surface area contributed by atoms with E-state index in [4.69, 9.17) is 4.42 Å². The number of para-hydroxylation sites is 3. The highest BCUT2D eigenvalue weighted by Gasteiger charge is 2.25. The Balaban J connectivity index is 1.25. The minimum atomic E-state index is 0.935. The van der Waals surface area contributed by atoms with Gasteiger partial charge in [0.05, 0.1) is 26.9 Å². The molecule has 0 amide bonds. The summed E-state index contributed by atoms with van der Waals surface area (Å²) in [6.07, 6.45) is 0. The van der Waals surface area contributed by atoms with E-state index in [2.05, 4.69) is 149 Å². The zero-order valence-electron chi connectivity index (χ0n) is 26.0. The van der Waals surface area contributed by atoms with Crippen molar-refractivity contribution < 1.29 is 4.42 Å². The lowest BCUT2D eigenvalue weighted by Crippen LogP contribution is -2.10. The van der Waals surface area contributed by atoms with Crippen LogP contribution in [-0.2, 0) is 0 Å². The number of anilines is 3. The van der Waals surface area contributed by atoms with Crippen LogP contribution in [0.5, 0.6) is 0 Å². The van der Waals surface area contributed by atoms with Gasteiger partial charge >= 0.3 is 0 Å². The Kier molecular flexibility index (Phi) is 5.00. The zero-order chi connectivity index (χ0) is 31.8. The number of benzene rings is 7. The molecule has 0 radical (unpaired) electrons. The first-order valence-electron chi connectivity index (χ1n) is 16.5.